The minimum atomic E-state index is -0.331. The summed E-state index contributed by atoms with van der Waals surface area (Å²) in [7, 11) is 0. The number of rotatable bonds is 2. The van der Waals surface area contributed by atoms with E-state index in [2.05, 4.69) is 9.97 Å². The van der Waals surface area contributed by atoms with Crippen molar-refractivity contribution in [3.8, 4) is 0 Å². The molecule has 0 saturated carbocycles. The first kappa shape index (κ1) is 10.6. The highest BCUT2D eigenvalue weighted by Gasteiger charge is 2.03. The lowest BCUT2D eigenvalue weighted by molar-refractivity contribution is 0.506. The van der Waals surface area contributed by atoms with Gasteiger partial charge in [-0.25, -0.2) is 4.79 Å². The van der Waals surface area contributed by atoms with Gasteiger partial charge >= 0.3 is 5.69 Å². The quantitative estimate of drug-likeness (QED) is 0.810. The van der Waals surface area contributed by atoms with Gasteiger partial charge in [-0.2, -0.15) is 4.98 Å². The molecule has 0 fully saturated rings. The molecule has 2 rings (SSSR count). The van der Waals surface area contributed by atoms with E-state index in [1.165, 1.54) is 6.07 Å². The van der Waals surface area contributed by atoms with Gasteiger partial charge in [0.15, 0.2) is 0 Å². The molecule has 2 aromatic rings. The van der Waals surface area contributed by atoms with Crippen LogP contribution in [0.3, 0.4) is 0 Å². The molecule has 2 aromatic heterocycles. The number of hydrogen-bond acceptors (Lipinski definition) is 3. The van der Waals surface area contributed by atoms with Gasteiger partial charge in [0.05, 0.1) is 0 Å². The van der Waals surface area contributed by atoms with Gasteiger partial charge < -0.3 is 4.98 Å². The van der Waals surface area contributed by atoms with Gasteiger partial charge in [0, 0.05) is 24.2 Å². The second kappa shape index (κ2) is 3.92. The minimum Gasteiger partial charge on any atom is -0.306 e. The molecule has 2 heterocycles. The average molecular weight is 219 g/mol. The number of nitrogens with one attached hydrogen (secondary N) is 1. The highest BCUT2D eigenvalue weighted by atomic mass is 16.1. The van der Waals surface area contributed by atoms with Crippen LogP contribution in [0.5, 0.6) is 0 Å². The second-order valence-corrected chi connectivity index (χ2v) is 4.20. The summed E-state index contributed by atoms with van der Waals surface area (Å²) < 4.78 is 1.56. The highest BCUT2D eigenvalue weighted by molar-refractivity contribution is 5.72. The smallest absolute Gasteiger partial charge is 0.306 e. The summed E-state index contributed by atoms with van der Waals surface area (Å²) in [6.45, 7) is 4.69. The molecule has 0 aliphatic heterocycles. The van der Waals surface area contributed by atoms with E-state index >= 15 is 0 Å². The van der Waals surface area contributed by atoms with E-state index in [0.29, 0.717) is 18.1 Å². The molecule has 0 unspecified atom stereocenters. The Balaban J connectivity index is 2.63. The molecule has 0 bridgehead atoms. The number of nitrogens with zero attached hydrogens (tertiary/aromatic N) is 2. The average Bonchev–Trinajstić information content (AvgIpc) is 2.19. The van der Waals surface area contributed by atoms with Crippen LogP contribution in [0, 0.1) is 5.92 Å². The van der Waals surface area contributed by atoms with Gasteiger partial charge in [-0.05, 0) is 12.0 Å². The molecule has 0 aromatic carbocycles. The Morgan fingerprint density at radius 1 is 1.38 bits per heavy atom. The van der Waals surface area contributed by atoms with Crippen LogP contribution >= 0.6 is 0 Å². The Bertz CT molecular complexity index is 625. The summed E-state index contributed by atoms with van der Waals surface area (Å²) in [5.41, 5.74) is -0.235. The van der Waals surface area contributed by atoms with Crippen molar-refractivity contribution in [2.24, 2.45) is 5.92 Å². The summed E-state index contributed by atoms with van der Waals surface area (Å²) in [6.07, 6.45) is 1.72. The molecule has 0 spiro atoms. The van der Waals surface area contributed by atoms with Crippen LogP contribution in [0.1, 0.15) is 13.8 Å². The molecular formula is C11H13N3O2. The second-order valence-electron chi connectivity index (χ2n) is 4.20. The Morgan fingerprint density at radius 3 is 2.81 bits per heavy atom. The fourth-order valence-corrected chi connectivity index (χ4v) is 1.58. The van der Waals surface area contributed by atoms with Crippen molar-refractivity contribution in [2.75, 3.05) is 0 Å². The Labute approximate surface area is 91.8 Å². The van der Waals surface area contributed by atoms with Crippen LogP contribution in [0.25, 0.3) is 11.0 Å². The van der Waals surface area contributed by atoms with Gasteiger partial charge in [0.2, 0.25) is 5.56 Å². The number of hydrogen-bond donors (Lipinski definition) is 1. The maximum Gasteiger partial charge on any atom is 0.349 e. The summed E-state index contributed by atoms with van der Waals surface area (Å²) in [5, 5.41) is 0.764. The van der Waals surface area contributed by atoms with Gasteiger partial charge in [0.25, 0.3) is 0 Å². The SMILES string of the molecule is CC(C)Cn1cc2ccc(=O)[nH]c2nc1=O. The minimum absolute atomic E-state index is 0.249. The Morgan fingerprint density at radius 2 is 2.12 bits per heavy atom. The van der Waals surface area contributed by atoms with Crippen LogP contribution in [-0.4, -0.2) is 14.5 Å². The van der Waals surface area contributed by atoms with Crippen LogP contribution < -0.4 is 11.2 Å². The zero-order valence-electron chi connectivity index (χ0n) is 9.23. The van der Waals surface area contributed by atoms with E-state index in [1.54, 1.807) is 16.8 Å². The van der Waals surface area contributed by atoms with Gasteiger partial charge in [0.1, 0.15) is 5.65 Å². The van der Waals surface area contributed by atoms with Crippen LogP contribution in [0.4, 0.5) is 0 Å². The van der Waals surface area contributed by atoms with Crippen molar-refractivity contribution in [1.29, 1.82) is 0 Å². The standard InChI is InChI=1S/C11H13N3O2/c1-7(2)5-14-6-8-3-4-9(15)12-10(8)13-11(14)16/h3-4,6-7H,5H2,1-2H3,(H,12,13,15,16). The number of aromatic nitrogens is 3. The molecule has 1 N–H and O–H groups in total. The molecule has 5 nitrogen and oxygen atoms in total. The normalized spacial score (nSPS) is 11.2. The van der Waals surface area contributed by atoms with E-state index in [0.717, 1.165) is 5.39 Å². The first-order valence-corrected chi connectivity index (χ1v) is 5.17. The maximum atomic E-state index is 11.6. The zero-order valence-corrected chi connectivity index (χ0v) is 9.23. The highest BCUT2D eigenvalue weighted by Crippen LogP contribution is 2.04. The molecular weight excluding hydrogens is 206 g/mol. The van der Waals surface area contributed by atoms with Crippen LogP contribution in [-0.2, 0) is 6.54 Å². The topological polar surface area (TPSA) is 67.8 Å². The first-order chi connectivity index (χ1) is 7.56. The third-order valence-electron chi connectivity index (χ3n) is 2.24. The first-order valence-electron chi connectivity index (χ1n) is 5.17. The molecule has 84 valence electrons. The lowest BCUT2D eigenvalue weighted by atomic mass is 10.2. The number of pyridine rings is 1. The molecule has 0 atom stereocenters. The lowest BCUT2D eigenvalue weighted by Gasteiger charge is -2.08. The van der Waals surface area contributed by atoms with E-state index in [1.807, 2.05) is 13.8 Å². The van der Waals surface area contributed by atoms with Crippen LogP contribution in [0.2, 0.25) is 0 Å². The van der Waals surface area contributed by atoms with E-state index in [4.69, 9.17) is 0 Å². The monoisotopic (exact) mass is 219 g/mol. The molecule has 16 heavy (non-hydrogen) atoms. The lowest BCUT2D eigenvalue weighted by Crippen LogP contribution is -2.25. The van der Waals surface area contributed by atoms with Crippen molar-refractivity contribution in [3.63, 3.8) is 0 Å². The van der Waals surface area contributed by atoms with Crippen molar-refractivity contribution in [3.05, 3.63) is 39.2 Å². The predicted octanol–water partition coefficient (Wildman–Crippen LogP) is 0.741. The number of fused-ring (bicyclic) bond motifs is 1. The van der Waals surface area contributed by atoms with Crippen molar-refractivity contribution in [1.82, 2.24) is 14.5 Å². The number of aromatic amines is 1. The maximum absolute atomic E-state index is 11.6. The molecule has 0 radical (unpaired) electrons. The molecule has 0 aliphatic rings. The molecule has 0 amide bonds. The largest absolute Gasteiger partial charge is 0.349 e. The van der Waals surface area contributed by atoms with Crippen molar-refractivity contribution >= 4 is 11.0 Å². The molecule has 0 aliphatic carbocycles. The van der Waals surface area contributed by atoms with E-state index in [-0.39, 0.29) is 11.2 Å². The zero-order chi connectivity index (χ0) is 11.7. The summed E-state index contributed by atoms with van der Waals surface area (Å²) in [6, 6.07) is 3.09. The van der Waals surface area contributed by atoms with E-state index in [9.17, 15) is 9.59 Å². The van der Waals surface area contributed by atoms with Gasteiger partial charge in [-0.1, -0.05) is 13.8 Å². The Kier molecular flexibility index (Phi) is 2.60. The third-order valence-corrected chi connectivity index (χ3v) is 2.24. The molecule has 0 saturated heterocycles. The number of H-pyrrole nitrogens is 1. The van der Waals surface area contributed by atoms with E-state index < -0.39 is 0 Å². The fraction of sp³-hybridized carbons (Fsp3) is 0.364. The van der Waals surface area contributed by atoms with Gasteiger partial charge in [-0.3, -0.25) is 9.36 Å². The van der Waals surface area contributed by atoms with Crippen molar-refractivity contribution in [2.45, 2.75) is 20.4 Å². The molecule has 5 heteroatoms. The van der Waals surface area contributed by atoms with Crippen molar-refractivity contribution < 1.29 is 0 Å². The Hall–Kier alpha value is -1.91. The van der Waals surface area contributed by atoms with Gasteiger partial charge in [-0.15, -0.1) is 0 Å². The van der Waals surface area contributed by atoms with Crippen LogP contribution in [0.15, 0.2) is 27.9 Å². The summed E-state index contributed by atoms with van der Waals surface area (Å²) in [5.74, 6) is 0.375. The predicted molar refractivity (Wildman–Crippen MR) is 61.5 cm³/mol. The summed E-state index contributed by atoms with van der Waals surface area (Å²) >= 11 is 0. The summed E-state index contributed by atoms with van der Waals surface area (Å²) in [4.78, 5) is 29.0. The fourth-order valence-electron chi connectivity index (χ4n) is 1.58. The third kappa shape index (κ3) is 2.03.